The molecule has 1 saturated carbocycles. The number of aliphatic hydroxyl groups is 1. The standard InChI is InChI=1S/C29H36Cl2FN3O3/c1-28(2,3)14-22-29(19-12-7-15(30)13-21(19)34-27(29)38)23(18-5-4-6-20(31)24(18)32)25(35-22)26(37)33-16-8-10-17(36)11-9-16/h4,6-7,12-13,16-18,22-23,25,35-36H,5,8-11,14H2,1-3H3,(H,33,37)(H,34,38)/t16-,17-,18?,22-,23-,25?,29+/m0/s1. The van der Waals surface area contributed by atoms with Crippen LogP contribution in [-0.4, -0.2) is 41.2 Å². The Morgan fingerprint density at radius 1 is 1.21 bits per heavy atom. The van der Waals surface area contributed by atoms with E-state index in [9.17, 15) is 14.7 Å². The molecule has 4 aliphatic rings. The van der Waals surface area contributed by atoms with Crippen LogP contribution in [0.4, 0.5) is 10.1 Å². The minimum absolute atomic E-state index is 0.00540. The fourth-order valence-electron chi connectivity index (χ4n) is 7.07. The summed E-state index contributed by atoms with van der Waals surface area (Å²) in [6, 6.07) is 3.96. The zero-order chi connectivity index (χ0) is 27.4. The molecule has 2 aliphatic heterocycles. The molecule has 4 N–H and O–H groups in total. The van der Waals surface area contributed by atoms with E-state index in [1.165, 1.54) is 0 Å². The molecular weight excluding hydrogens is 528 g/mol. The fourth-order valence-corrected chi connectivity index (χ4v) is 7.47. The molecule has 0 bridgehead atoms. The third-order valence-corrected chi connectivity index (χ3v) is 9.19. The van der Waals surface area contributed by atoms with Crippen molar-refractivity contribution in [3.8, 4) is 0 Å². The monoisotopic (exact) mass is 563 g/mol. The topological polar surface area (TPSA) is 90.5 Å². The Balaban J connectivity index is 1.63. The first-order valence-electron chi connectivity index (χ1n) is 13.5. The Labute approximate surface area is 233 Å². The number of hydrogen-bond acceptors (Lipinski definition) is 4. The number of hydrogen-bond donors (Lipinski definition) is 4. The van der Waals surface area contributed by atoms with E-state index < -0.39 is 35.2 Å². The molecule has 6 nitrogen and oxygen atoms in total. The van der Waals surface area contributed by atoms with Crippen molar-refractivity contribution in [3.63, 3.8) is 0 Å². The van der Waals surface area contributed by atoms with E-state index in [1.807, 2.05) is 12.1 Å². The highest BCUT2D eigenvalue weighted by Gasteiger charge is 2.67. The second-order valence-corrected chi connectivity index (χ2v) is 13.3. The van der Waals surface area contributed by atoms with Crippen molar-refractivity contribution in [1.82, 2.24) is 10.6 Å². The number of amides is 2. The predicted molar refractivity (Wildman–Crippen MR) is 148 cm³/mol. The molecular formula is C29H36Cl2FN3O3. The van der Waals surface area contributed by atoms with Gasteiger partial charge in [0, 0.05) is 34.6 Å². The Bertz CT molecular complexity index is 1190. The first-order chi connectivity index (χ1) is 17.9. The van der Waals surface area contributed by atoms with Crippen LogP contribution in [0.2, 0.25) is 5.02 Å². The lowest BCUT2D eigenvalue weighted by Gasteiger charge is -2.41. The van der Waals surface area contributed by atoms with Crippen LogP contribution in [0, 0.1) is 17.3 Å². The van der Waals surface area contributed by atoms with Crippen molar-refractivity contribution in [2.75, 3.05) is 5.32 Å². The van der Waals surface area contributed by atoms with Gasteiger partial charge >= 0.3 is 0 Å². The Morgan fingerprint density at radius 3 is 2.61 bits per heavy atom. The summed E-state index contributed by atoms with van der Waals surface area (Å²) in [6.07, 6.45) is 6.52. The van der Waals surface area contributed by atoms with E-state index >= 15 is 4.39 Å². The van der Waals surface area contributed by atoms with Crippen LogP contribution < -0.4 is 16.0 Å². The summed E-state index contributed by atoms with van der Waals surface area (Å²) in [6.45, 7) is 6.28. The number of rotatable bonds is 4. The molecule has 0 aromatic heterocycles. The van der Waals surface area contributed by atoms with Gasteiger partial charge in [0.25, 0.3) is 0 Å². The zero-order valence-corrected chi connectivity index (χ0v) is 23.5. The number of benzene rings is 1. The van der Waals surface area contributed by atoms with Gasteiger partial charge in [-0.15, -0.1) is 0 Å². The van der Waals surface area contributed by atoms with Crippen molar-refractivity contribution in [3.05, 3.63) is 51.8 Å². The Kier molecular flexibility index (Phi) is 7.44. The molecule has 0 radical (unpaired) electrons. The van der Waals surface area contributed by atoms with Crippen molar-refractivity contribution < 1.29 is 19.1 Å². The maximum atomic E-state index is 15.9. The number of allylic oxidation sites excluding steroid dienone is 4. The second-order valence-electron chi connectivity index (χ2n) is 12.5. The van der Waals surface area contributed by atoms with E-state index in [4.69, 9.17) is 23.2 Å². The van der Waals surface area contributed by atoms with Crippen molar-refractivity contribution >= 4 is 40.7 Å². The number of carbonyl (C=O) groups is 2. The fraction of sp³-hybridized carbons (Fsp3) is 0.586. The van der Waals surface area contributed by atoms with Crippen LogP contribution in [0.1, 0.15) is 64.9 Å². The van der Waals surface area contributed by atoms with Crippen molar-refractivity contribution in [2.24, 2.45) is 17.3 Å². The summed E-state index contributed by atoms with van der Waals surface area (Å²) in [5.41, 5.74) is -0.0679. The molecule has 206 valence electrons. The van der Waals surface area contributed by atoms with Gasteiger partial charge in [0.1, 0.15) is 5.83 Å². The lowest BCUT2D eigenvalue weighted by atomic mass is 9.60. The minimum Gasteiger partial charge on any atom is -0.393 e. The van der Waals surface area contributed by atoms with Gasteiger partial charge in [0.05, 0.1) is 22.6 Å². The molecule has 1 saturated heterocycles. The molecule has 9 heteroatoms. The van der Waals surface area contributed by atoms with Gasteiger partial charge in [-0.3, -0.25) is 9.59 Å². The highest BCUT2D eigenvalue weighted by Crippen LogP contribution is 2.57. The summed E-state index contributed by atoms with van der Waals surface area (Å²) >= 11 is 12.6. The highest BCUT2D eigenvalue weighted by atomic mass is 35.5. The predicted octanol–water partition coefficient (Wildman–Crippen LogP) is 5.34. The van der Waals surface area contributed by atoms with E-state index in [1.54, 1.807) is 18.2 Å². The summed E-state index contributed by atoms with van der Waals surface area (Å²) in [5.74, 6) is -2.49. The second kappa shape index (κ2) is 10.2. The van der Waals surface area contributed by atoms with Gasteiger partial charge in [-0.1, -0.05) is 56.1 Å². The van der Waals surface area contributed by atoms with Crippen LogP contribution in [0.5, 0.6) is 0 Å². The average Bonchev–Trinajstić information content (AvgIpc) is 3.31. The molecule has 2 unspecified atom stereocenters. The SMILES string of the molecule is CC(C)(C)C[C@@H]1NC(C(=O)N[C@H]2CC[C@H](O)CC2)[C@H](C2CC=CC(Cl)=C2F)[C@]12C(=O)Nc1cc(Cl)ccc12. The summed E-state index contributed by atoms with van der Waals surface area (Å²) in [5, 5.41) is 20.1. The van der Waals surface area contributed by atoms with E-state index in [0.717, 1.165) is 5.56 Å². The lowest BCUT2D eigenvalue weighted by Crippen LogP contribution is -2.53. The smallest absolute Gasteiger partial charge is 0.237 e. The van der Waals surface area contributed by atoms with Crippen molar-refractivity contribution in [1.29, 1.82) is 0 Å². The number of anilines is 1. The highest BCUT2D eigenvalue weighted by molar-refractivity contribution is 6.31. The van der Waals surface area contributed by atoms with Gasteiger partial charge in [0.15, 0.2) is 0 Å². The summed E-state index contributed by atoms with van der Waals surface area (Å²) in [7, 11) is 0. The zero-order valence-electron chi connectivity index (χ0n) is 22.0. The molecule has 2 heterocycles. The summed E-state index contributed by atoms with van der Waals surface area (Å²) in [4.78, 5) is 28.1. The van der Waals surface area contributed by atoms with Crippen LogP contribution in [-0.2, 0) is 15.0 Å². The summed E-state index contributed by atoms with van der Waals surface area (Å²) < 4.78 is 15.9. The van der Waals surface area contributed by atoms with Crippen LogP contribution in [0.3, 0.4) is 0 Å². The largest absolute Gasteiger partial charge is 0.393 e. The van der Waals surface area contributed by atoms with E-state index in [0.29, 0.717) is 49.2 Å². The number of halogens is 3. The van der Waals surface area contributed by atoms with Gasteiger partial charge in [-0.2, -0.15) is 0 Å². The maximum absolute atomic E-state index is 15.9. The van der Waals surface area contributed by atoms with Gasteiger partial charge in [0.2, 0.25) is 11.8 Å². The molecule has 2 aliphatic carbocycles. The van der Waals surface area contributed by atoms with Crippen LogP contribution in [0.15, 0.2) is 41.2 Å². The molecule has 5 atom stereocenters. The number of fused-ring (bicyclic) bond motifs is 2. The third-order valence-electron chi connectivity index (χ3n) is 8.65. The minimum atomic E-state index is -1.21. The lowest BCUT2D eigenvalue weighted by molar-refractivity contribution is -0.127. The average molecular weight is 565 g/mol. The number of nitrogens with one attached hydrogen (secondary N) is 3. The molecule has 2 amide bonds. The number of carbonyl (C=O) groups excluding carboxylic acids is 2. The molecule has 2 fully saturated rings. The van der Waals surface area contributed by atoms with Gasteiger partial charge in [-0.05, 0) is 67.7 Å². The maximum Gasteiger partial charge on any atom is 0.237 e. The quantitative estimate of drug-likeness (QED) is 0.398. The van der Waals surface area contributed by atoms with Crippen LogP contribution in [0.25, 0.3) is 0 Å². The van der Waals surface area contributed by atoms with Crippen LogP contribution >= 0.6 is 23.2 Å². The number of aliphatic hydroxyl groups excluding tert-OH is 1. The Morgan fingerprint density at radius 2 is 1.92 bits per heavy atom. The third kappa shape index (κ3) is 4.80. The first-order valence-corrected chi connectivity index (χ1v) is 14.2. The molecule has 38 heavy (non-hydrogen) atoms. The Hall–Kier alpha value is -1.93. The molecule has 1 aromatic rings. The van der Waals surface area contributed by atoms with E-state index in [-0.39, 0.29) is 34.4 Å². The molecule has 1 aromatic carbocycles. The van der Waals surface area contributed by atoms with Gasteiger partial charge < -0.3 is 21.1 Å². The normalized spacial score (nSPS) is 35.0. The molecule has 1 spiro atoms. The molecule has 5 rings (SSSR count). The van der Waals surface area contributed by atoms with Gasteiger partial charge in [-0.25, -0.2) is 4.39 Å². The van der Waals surface area contributed by atoms with E-state index in [2.05, 4.69) is 36.7 Å². The first kappa shape index (κ1) is 27.6. The van der Waals surface area contributed by atoms with Crippen molar-refractivity contribution in [2.45, 2.75) is 88.9 Å².